The zero-order valence-electron chi connectivity index (χ0n) is 11.4. The molecule has 2 aromatic rings. The zero-order valence-corrected chi connectivity index (χ0v) is 11.4. The summed E-state index contributed by atoms with van der Waals surface area (Å²) in [5.74, 6) is -0.332. The molecule has 0 radical (unpaired) electrons. The maximum Gasteiger partial charge on any atom is 0.341 e. The standard InChI is InChI=1S/C14H17N3O3/c1-2-20-14(18)12-9-15-17-10-11(3-4-13(12)17)16-5-7-19-8-6-16/h3-4,9-10H,2,5-8H2,1H3. The van der Waals surface area contributed by atoms with Crippen molar-refractivity contribution in [2.24, 2.45) is 0 Å². The van der Waals surface area contributed by atoms with Crippen molar-refractivity contribution in [3.63, 3.8) is 0 Å². The summed E-state index contributed by atoms with van der Waals surface area (Å²) >= 11 is 0. The normalized spacial score (nSPS) is 15.6. The summed E-state index contributed by atoms with van der Waals surface area (Å²) in [5.41, 5.74) is 2.35. The molecule has 0 amide bonds. The molecule has 0 unspecified atom stereocenters. The predicted octanol–water partition coefficient (Wildman–Crippen LogP) is 1.35. The topological polar surface area (TPSA) is 56.1 Å². The number of fused-ring (bicyclic) bond motifs is 1. The number of hydrogen-bond acceptors (Lipinski definition) is 5. The van der Waals surface area contributed by atoms with Crippen molar-refractivity contribution < 1.29 is 14.3 Å². The molecule has 0 spiro atoms. The molecule has 1 aliphatic heterocycles. The fourth-order valence-electron chi connectivity index (χ4n) is 2.35. The highest BCUT2D eigenvalue weighted by Gasteiger charge is 2.16. The lowest BCUT2D eigenvalue weighted by Crippen LogP contribution is -2.36. The Morgan fingerprint density at radius 1 is 1.40 bits per heavy atom. The molecule has 1 saturated heterocycles. The number of anilines is 1. The van der Waals surface area contributed by atoms with Gasteiger partial charge in [-0.25, -0.2) is 9.31 Å². The first kappa shape index (κ1) is 12.9. The number of hydrogen-bond donors (Lipinski definition) is 0. The molecule has 6 heteroatoms. The predicted molar refractivity (Wildman–Crippen MR) is 74.2 cm³/mol. The number of pyridine rings is 1. The van der Waals surface area contributed by atoms with Crippen LogP contribution in [0.2, 0.25) is 0 Å². The summed E-state index contributed by atoms with van der Waals surface area (Å²) in [5, 5.41) is 4.24. The second-order valence-corrected chi connectivity index (χ2v) is 4.60. The Morgan fingerprint density at radius 3 is 2.95 bits per heavy atom. The second kappa shape index (κ2) is 5.50. The summed E-state index contributed by atoms with van der Waals surface area (Å²) in [6, 6.07) is 3.91. The van der Waals surface area contributed by atoms with Crippen molar-refractivity contribution in [1.29, 1.82) is 0 Å². The highest BCUT2D eigenvalue weighted by Crippen LogP contribution is 2.19. The molecule has 20 heavy (non-hydrogen) atoms. The monoisotopic (exact) mass is 275 g/mol. The van der Waals surface area contributed by atoms with E-state index in [0.717, 1.165) is 37.5 Å². The van der Waals surface area contributed by atoms with E-state index < -0.39 is 0 Å². The molecule has 3 heterocycles. The lowest BCUT2D eigenvalue weighted by atomic mass is 10.2. The molecule has 1 fully saturated rings. The molecule has 6 nitrogen and oxygen atoms in total. The van der Waals surface area contributed by atoms with Gasteiger partial charge in [0.05, 0.1) is 43.4 Å². The fraction of sp³-hybridized carbons (Fsp3) is 0.429. The van der Waals surface area contributed by atoms with Gasteiger partial charge in [0.25, 0.3) is 0 Å². The third-order valence-corrected chi connectivity index (χ3v) is 3.37. The van der Waals surface area contributed by atoms with Crippen LogP contribution >= 0.6 is 0 Å². The number of carbonyl (C=O) groups is 1. The lowest BCUT2D eigenvalue weighted by Gasteiger charge is -2.28. The van der Waals surface area contributed by atoms with Gasteiger partial charge in [-0.05, 0) is 19.1 Å². The number of nitrogens with zero attached hydrogens (tertiary/aromatic N) is 3. The Labute approximate surface area is 116 Å². The Hall–Kier alpha value is -2.08. The van der Waals surface area contributed by atoms with Gasteiger partial charge in [-0.15, -0.1) is 0 Å². The van der Waals surface area contributed by atoms with Gasteiger partial charge in [0.15, 0.2) is 0 Å². The SMILES string of the molecule is CCOC(=O)c1cnn2cc(N3CCOCC3)ccc12. The van der Waals surface area contributed by atoms with Gasteiger partial charge in [-0.3, -0.25) is 0 Å². The Bertz CT molecular complexity index is 617. The molecule has 0 aliphatic carbocycles. The summed E-state index contributed by atoms with van der Waals surface area (Å²) in [6.45, 7) is 5.38. The number of rotatable bonds is 3. The Balaban J connectivity index is 1.91. The molecule has 0 N–H and O–H groups in total. The van der Waals surface area contributed by atoms with E-state index in [0.29, 0.717) is 12.2 Å². The van der Waals surface area contributed by atoms with E-state index in [4.69, 9.17) is 9.47 Å². The van der Waals surface area contributed by atoms with Crippen LogP contribution in [0.4, 0.5) is 5.69 Å². The van der Waals surface area contributed by atoms with Gasteiger partial charge in [-0.2, -0.15) is 5.10 Å². The number of morpholine rings is 1. The van der Waals surface area contributed by atoms with Crippen LogP contribution < -0.4 is 4.90 Å². The van der Waals surface area contributed by atoms with Crippen LogP contribution in [-0.4, -0.2) is 48.5 Å². The molecular weight excluding hydrogens is 258 g/mol. The van der Waals surface area contributed by atoms with Gasteiger partial charge in [0, 0.05) is 13.1 Å². The molecule has 0 atom stereocenters. The van der Waals surface area contributed by atoms with Crippen LogP contribution in [0.25, 0.3) is 5.52 Å². The van der Waals surface area contributed by atoms with Crippen LogP contribution in [0, 0.1) is 0 Å². The maximum atomic E-state index is 11.8. The number of carbonyl (C=O) groups excluding carboxylic acids is 1. The van der Waals surface area contributed by atoms with Crippen LogP contribution in [0.5, 0.6) is 0 Å². The zero-order chi connectivity index (χ0) is 13.9. The average Bonchev–Trinajstić information content (AvgIpc) is 2.91. The molecule has 2 aromatic heterocycles. The maximum absolute atomic E-state index is 11.8. The minimum absolute atomic E-state index is 0.332. The molecule has 0 bridgehead atoms. The summed E-state index contributed by atoms with van der Waals surface area (Å²) in [4.78, 5) is 14.0. The van der Waals surface area contributed by atoms with Crippen LogP contribution in [0.3, 0.4) is 0 Å². The highest BCUT2D eigenvalue weighted by molar-refractivity contribution is 5.96. The number of aromatic nitrogens is 2. The van der Waals surface area contributed by atoms with E-state index in [1.807, 2.05) is 18.3 Å². The highest BCUT2D eigenvalue weighted by atomic mass is 16.5. The molecule has 0 saturated carbocycles. The third-order valence-electron chi connectivity index (χ3n) is 3.37. The number of esters is 1. The smallest absolute Gasteiger partial charge is 0.341 e. The van der Waals surface area contributed by atoms with E-state index >= 15 is 0 Å². The van der Waals surface area contributed by atoms with E-state index in [1.54, 1.807) is 17.6 Å². The van der Waals surface area contributed by atoms with Crippen molar-refractivity contribution >= 4 is 17.2 Å². The summed E-state index contributed by atoms with van der Waals surface area (Å²) < 4.78 is 12.1. The largest absolute Gasteiger partial charge is 0.462 e. The summed E-state index contributed by atoms with van der Waals surface area (Å²) in [6.07, 6.45) is 3.49. The third kappa shape index (κ3) is 2.34. The van der Waals surface area contributed by atoms with Crippen molar-refractivity contribution in [3.8, 4) is 0 Å². The van der Waals surface area contributed by atoms with Gasteiger partial charge >= 0.3 is 5.97 Å². The van der Waals surface area contributed by atoms with Gasteiger partial charge in [-0.1, -0.05) is 0 Å². The van der Waals surface area contributed by atoms with Crippen LogP contribution in [0.1, 0.15) is 17.3 Å². The molecule has 106 valence electrons. The van der Waals surface area contributed by atoms with Crippen LogP contribution in [0.15, 0.2) is 24.5 Å². The van der Waals surface area contributed by atoms with E-state index in [2.05, 4.69) is 10.00 Å². The minimum atomic E-state index is -0.332. The van der Waals surface area contributed by atoms with Crippen molar-refractivity contribution in [1.82, 2.24) is 9.61 Å². The van der Waals surface area contributed by atoms with Crippen molar-refractivity contribution in [2.75, 3.05) is 37.8 Å². The van der Waals surface area contributed by atoms with Crippen LogP contribution in [-0.2, 0) is 9.47 Å². The molecular formula is C14H17N3O3. The Morgan fingerprint density at radius 2 is 2.20 bits per heavy atom. The van der Waals surface area contributed by atoms with E-state index in [1.165, 1.54) is 0 Å². The number of ether oxygens (including phenoxy) is 2. The first-order valence-electron chi connectivity index (χ1n) is 6.77. The fourth-order valence-corrected chi connectivity index (χ4v) is 2.35. The average molecular weight is 275 g/mol. The van der Waals surface area contributed by atoms with E-state index in [9.17, 15) is 4.79 Å². The Kier molecular flexibility index (Phi) is 3.56. The van der Waals surface area contributed by atoms with Gasteiger partial charge < -0.3 is 14.4 Å². The molecule has 0 aromatic carbocycles. The first-order valence-corrected chi connectivity index (χ1v) is 6.77. The van der Waals surface area contributed by atoms with E-state index in [-0.39, 0.29) is 5.97 Å². The van der Waals surface area contributed by atoms with Crippen molar-refractivity contribution in [2.45, 2.75) is 6.92 Å². The summed E-state index contributed by atoms with van der Waals surface area (Å²) in [7, 11) is 0. The molecule has 3 rings (SSSR count). The van der Waals surface area contributed by atoms with Crippen molar-refractivity contribution in [3.05, 3.63) is 30.1 Å². The lowest BCUT2D eigenvalue weighted by molar-refractivity contribution is 0.0528. The first-order chi connectivity index (χ1) is 9.79. The minimum Gasteiger partial charge on any atom is -0.462 e. The second-order valence-electron chi connectivity index (χ2n) is 4.60. The van der Waals surface area contributed by atoms with Gasteiger partial charge in [0.1, 0.15) is 5.56 Å². The van der Waals surface area contributed by atoms with Gasteiger partial charge in [0.2, 0.25) is 0 Å². The quantitative estimate of drug-likeness (QED) is 0.791. The molecule has 1 aliphatic rings.